The molecular weight excluding hydrogens is 371 g/mol. The molecular formula is C20H22F3N3O2. The van der Waals surface area contributed by atoms with Crippen molar-refractivity contribution in [2.45, 2.75) is 19.1 Å². The van der Waals surface area contributed by atoms with E-state index in [0.29, 0.717) is 32.0 Å². The molecule has 3 rings (SSSR count). The number of para-hydroxylation sites is 1. The summed E-state index contributed by atoms with van der Waals surface area (Å²) in [5.41, 5.74) is 0.645. The lowest BCUT2D eigenvalue weighted by Crippen LogP contribution is -2.37. The molecule has 0 saturated carbocycles. The maximum absolute atomic E-state index is 13.2. The minimum Gasteiger partial charge on any atom is -0.378 e. The van der Waals surface area contributed by atoms with Crippen LogP contribution in [-0.4, -0.2) is 38.3 Å². The number of carbonyl (C=O) groups is 1. The molecule has 0 radical (unpaired) electrons. The third-order valence-corrected chi connectivity index (χ3v) is 4.48. The Morgan fingerprint density at radius 3 is 2.43 bits per heavy atom. The van der Waals surface area contributed by atoms with Crippen LogP contribution in [0.2, 0.25) is 0 Å². The molecule has 150 valence electrons. The molecule has 5 nitrogen and oxygen atoms in total. The van der Waals surface area contributed by atoms with Gasteiger partial charge in [0.2, 0.25) is 5.91 Å². The summed E-state index contributed by atoms with van der Waals surface area (Å²) in [4.78, 5) is 14.5. The molecule has 2 aromatic rings. The molecule has 1 fully saturated rings. The highest BCUT2D eigenvalue weighted by Gasteiger charge is 2.32. The summed E-state index contributed by atoms with van der Waals surface area (Å²) in [6.07, 6.45) is -4.49. The number of halogens is 3. The van der Waals surface area contributed by atoms with Crippen molar-refractivity contribution in [2.75, 3.05) is 41.8 Å². The van der Waals surface area contributed by atoms with E-state index < -0.39 is 23.7 Å². The van der Waals surface area contributed by atoms with E-state index >= 15 is 0 Å². The van der Waals surface area contributed by atoms with E-state index in [1.54, 1.807) is 6.92 Å². The van der Waals surface area contributed by atoms with E-state index in [4.69, 9.17) is 4.74 Å². The highest BCUT2D eigenvalue weighted by atomic mass is 19.4. The summed E-state index contributed by atoms with van der Waals surface area (Å²) < 4.78 is 44.8. The number of nitrogens with zero attached hydrogens (tertiary/aromatic N) is 1. The average molecular weight is 393 g/mol. The van der Waals surface area contributed by atoms with Crippen LogP contribution < -0.4 is 15.5 Å². The number of morpholine rings is 1. The van der Waals surface area contributed by atoms with Gasteiger partial charge >= 0.3 is 6.18 Å². The van der Waals surface area contributed by atoms with Crippen molar-refractivity contribution >= 4 is 23.0 Å². The Balaban J connectivity index is 1.82. The Labute approximate surface area is 161 Å². The first kappa shape index (κ1) is 20.0. The van der Waals surface area contributed by atoms with E-state index in [1.165, 1.54) is 6.07 Å². The van der Waals surface area contributed by atoms with Gasteiger partial charge in [0.05, 0.1) is 30.2 Å². The Kier molecular flexibility index (Phi) is 6.08. The maximum Gasteiger partial charge on any atom is 0.416 e. The summed E-state index contributed by atoms with van der Waals surface area (Å²) in [7, 11) is 0. The van der Waals surface area contributed by atoms with E-state index in [9.17, 15) is 18.0 Å². The summed E-state index contributed by atoms with van der Waals surface area (Å²) in [6.45, 7) is 3.73. The fraction of sp³-hybridized carbons (Fsp3) is 0.350. The van der Waals surface area contributed by atoms with E-state index in [2.05, 4.69) is 10.6 Å². The first-order valence-corrected chi connectivity index (χ1v) is 9.01. The molecule has 1 heterocycles. The number of hydrogen-bond donors (Lipinski definition) is 2. The number of benzene rings is 2. The van der Waals surface area contributed by atoms with Crippen LogP contribution >= 0.6 is 0 Å². The van der Waals surface area contributed by atoms with Gasteiger partial charge in [-0.2, -0.15) is 13.2 Å². The van der Waals surface area contributed by atoms with E-state index in [-0.39, 0.29) is 5.69 Å². The van der Waals surface area contributed by atoms with Gasteiger partial charge in [0.25, 0.3) is 0 Å². The zero-order valence-electron chi connectivity index (χ0n) is 15.4. The van der Waals surface area contributed by atoms with E-state index in [1.807, 2.05) is 35.2 Å². The third-order valence-electron chi connectivity index (χ3n) is 4.48. The molecule has 28 heavy (non-hydrogen) atoms. The molecule has 1 amide bonds. The van der Waals surface area contributed by atoms with Crippen LogP contribution in [0.3, 0.4) is 0 Å². The average Bonchev–Trinajstić information content (AvgIpc) is 2.68. The largest absolute Gasteiger partial charge is 0.416 e. The predicted molar refractivity (Wildman–Crippen MR) is 103 cm³/mol. The molecule has 2 aromatic carbocycles. The van der Waals surface area contributed by atoms with Crippen LogP contribution in [0.25, 0.3) is 0 Å². The van der Waals surface area contributed by atoms with E-state index in [0.717, 1.165) is 17.8 Å². The Bertz CT molecular complexity index is 806. The van der Waals surface area contributed by atoms with Gasteiger partial charge in [0.1, 0.15) is 6.04 Å². The molecule has 0 unspecified atom stereocenters. The van der Waals surface area contributed by atoms with Gasteiger partial charge in [-0.3, -0.25) is 4.79 Å². The number of hydrogen-bond acceptors (Lipinski definition) is 4. The summed E-state index contributed by atoms with van der Waals surface area (Å²) in [6, 6.07) is 11.9. The van der Waals surface area contributed by atoms with Crippen LogP contribution in [-0.2, 0) is 15.7 Å². The van der Waals surface area contributed by atoms with Crippen LogP contribution in [0.15, 0.2) is 48.5 Å². The van der Waals surface area contributed by atoms with Gasteiger partial charge in [-0.25, -0.2) is 0 Å². The minimum atomic E-state index is -4.49. The fourth-order valence-corrected chi connectivity index (χ4v) is 2.98. The number of amides is 1. The minimum absolute atomic E-state index is 0.142. The normalized spacial score (nSPS) is 15.8. The van der Waals surface area contributed by atoms with Crippen molar-refractivity contribution in [1.29, 1.82) is 0 Å². The van der Waals surface area contributed by atoms with Crippen molar-refractivity contribution in [2.24, 2.45) is 0 Å². The monoisotopic (exact) mass is 393 g/mol. The van der Waals surface area contributed by atoms with Crippen LogP contribution in [0.1, 0.15) is 12.5 Å². The Hall–Kier alpha value is -2.74. The number of anilines is 3. The number of alkyl halides is 3. The van der Waals surface area contributed by atoms with Crippen molar-refractivity contribution in [3.63, 3.8) is 0 Å². The zero-order chi connectivity index (χ0) is 20.1. The highest BCUT2D eigenvalue weighted by Crippen LogP contribution is 2.35. The predicted octanol–water partition coefficient (Wildman–Crippen LogP) is 3.98. The quantitative estimate of drug-likeness (QED) is 0.807. The lowest BCUT2D eigenvalue weighted by atomic mass is 10.1. The topological polar surface area (TPSA) is 53.6 Å². The maximum atomic E-state index is 13.2. The molecule has 1 saturated heterocycles. The molecule has 2 N–H and O–H groups in total. The second-order valence-electron chi connectivity index (χ2n) is 6.55. The van der Waals surface area contributed by atoms with Gasteiger partial charge in [0.15, 0.2) is 0 Å². The van der Waals surface area contributed by atoms with Gasteiger partial charge < -0.3 is 20.3 Å². The lowest BCUT2D eigenvalue weighted by Gasteiger charge is -2.31. The fourth-order valence-electron chi connectivity index (χ4n) is 2.98. The van der Waals surface area contributed by atoms with Gasteiger partial charge in [-0.05, 0) is 37.3 Å². The summed E-state index contributed by atoms with van der Waals surface area (Å²) in [5, 5.41) is 5.69. The lowest BCUT2D eigenvalue weighted by molar-refractivity contribution is -0.137. The smallest absolute Gasteiger partial charge is 0.378 e. The number of nitrogens with one attached hydrogen (secondary N) is 2. The van der Waals surface area contributed by atoms with Gasteiger partial charge in [-0.1, -0.05) is 18.2 Å². The van der Waals surface area contributed by atoms with Gasteiger partial charge in [0, 0.05) is 18.8 Å². The van der Waals surface area contributed by atoms with Crippen LogP contribution in [0.5, 0.6) is 0 Å². The zero-order valence-corrected chi connectivity index (χ0v) is 15.4. The van der Waals surface area contributed by atoms with Crippen molar-refractivity contribution in [3.05, 3.63) is 54.1 Å². The van der Waals surface area contributed by atoms with Gasteiger partial charge in [-0.15, -0.1) is 0 Å². The van der Waals surface area contributed by atoms with Crippen molar-refractivity contribution < 1.29 is 22.7 Å². The van der Waals surface area contributed by atoms with Crippen molar-refractivity contribution in [1.82, 2.24) is 0 Å². The molecule has 0 aliphatic carbocycles. The molecule has 0 aromatic heterocycles. The first-order chi connectivity index (χ1) is 13.3. The molecule has 1 atom stereocenters. The second-order valence-corrected chi connectivity index (χ2v) is 6.55. The molecule has 8 heteroatoms. The van der Waals surface area contributed by atoms with Crippen LogP contribution in [0.4, 0.5) is 30.2 Å². The Morgan fingerprint density at radius 1 is 1.11 bits per heavy atom. The molecule has 0 spiro atoms. The summed E-state index contributed by atoms with van der Waals surface area (Å²) >= 11 is 0. The molecule has 1 aliphatic heterocycles. The Morgan fingerprint density at radius 2 is 1.79 bits per heavy atom. The van der Waals surface area contributed by atoms with Crippen LogP contribution in [0, 0.1) is 0 Å². The molecule has 1 aliphatic rings. The van der Waals surface area contributed by atoms with Crippen molar-refractivity contribution in [3.8, 4) is 0 Å². The molecule has 0 bridgehead atoms. The highest BCUT2D eigenvalue weighted by molar-refractivity contribution is 5.99. The number of rotatable bonds is 5. The first-order valence-electron chi connectivity index (χ1n) is 9.01. The summed E-state index contributed by atoms with van der Waals surface area (Å²) in [5.74, 6) is -0.419. The number of ether oxygens (including phenoxy) is 1. The third kappa shape index (κ3) is 4.95. The second kappa shape index (κ2) is 8.52. The SMILES string of the molecule is C[C@H](Nc1ccccc1)C(=O)Nc1cc(C(F)(F)F)ccc1N1CCOCC1. The standard InChI is InChI=1S/C20H22F3N3O2/c1-14(24-16-5-3-2-4-6-16)19(27)25-17-13-15(20(21,22)23)7-8-18(17)26-9-11-28-12-10-26/h2-8,13-14,24H,9-12H2,1H3,(H,25,27)/t14-/m0/s1. The number of carbonyl (C=O) groups excluding carboxylic acids is 1.